The normalized spacial score (nSPS) is 10.7. The van der Waals surface area contributed by atoms with Crippen molar-refractivity contribution in [3.8, 4) is 22.6 Å². The van der Waals surface area contributed by atoms with Crippen LogP contribution in [0, 0.1) is 0 Å². The zero-order valence-electron chi connectivity index (χ0n) is 18.3. The fourth-order valence-electron chi connectivity index (χ4n) is 3.49. The molecule has 0 aliphatic heterocycles. The van der Waals surface area contributed by atoms with E-state index < -0.39 is 6.09 Å². The van der Waals surface area contributed by atoms with E-state index in [0.717, 1.165) is 26.9 Å². The number of fused-ring (bicyclic) bond motifs is 1. The molecule has 0 aliphatic carbocycles. The molecule has 4 rings (SSSR count). The lowest BCUT2D eigenvalue weighted by atomic mass is 10.1. The van der Waals surface area contributed by atoms with Gasteiger partial charge in [0.2, 0.25) is 0 Å². The highest BCUT2D eigenvalue weighted by Gasteiger charge is 2.10. The van der Waals surface area contributed by atoms with Crippen molar-refractivity contribution >= 4 is 22.7 Å². The second-order valence-corrected chi connectivity index (χ2v) is 7.38. The molecule has 8 heteroatoms. The second kappa shape index (κ2) is 9.44. The minimum absolute atomic E-state index is 0.148. The summed E-state index contributed by atoms with van der Waals surface area (Å²) < 4.78 is 12.8. The number of anilines is 1. The van der Waals surface area contributed by atoms with Gasteiger partial charge in [0, 0.05) is 42.6 Å². The standard InChI is InChI=1S/C25H23N3O5/c1-27(25(30)31)19-5-3-4-17(14-19)18-6-9-24(29)28(16-18)12-13-33-23-10-11-26-22-15-20(32-2)7-8-21(22)23/h3-11,14-16H,12-13H2,1-2H3,(H,30,31). The molecule has 4 aromatic rings. The first kappa shape index (κ1) is 21.9. The molecular weight excluding hydrogens is 422 g/mol. The molecule has 0 fully saturated rings. The van der Waals surface area contributed by atoms with Crippen LogP contribution in [-0.4, -0.2) is 41.5 Å². The first-order chi connectivity index (χ1) is 16.0. The van der Waals surface area contributed by atoms with Crippen LogP contribution in [-0.2, 0) is 6.54 Å². The van der Waals surface area contributed by atoms with Crippen LogP contribution in [0.4, 0.5) is 10.5 Å². The largest absolute Gasteiger partial charge is 0.497 e. The van der Waals surface area contributed by atoms with Crippen molar-refractivity contribution in [3.05, 3.63) is 83.4 Å². The van der Waals surface area contributed by atoms with Gasteiger partial charge in [-0.3, -0.25) is 14.7 Å². The average molecular weight is 445 g/mol. The Balaban J connectivity index is 1.52. The third-order valence-electron chi connectivity index (χ3n) is 5.34. The number of ether oxygens (including phenoxy) is 2. The Morgan fingerprint density at radius 2 is 1.94 bits per heavy atom. The van der Waals surface area contributed by atoms with Gasteiger partial charge in [-0.1, -0.05) is 12.1 Å². The van der Waals surface area contributed by atoms with Gasteiger partial charge in [0.25, 0.3) is 5.56 Å². The lowest BCUT2D eigenvalue weighted by molar-refractivity contribution is 0.203. The Bertz CT molecular complexity index is 1370. The molecule has 8 nitrogen and oxygen atoms in total. The molecule has 0 saturated carbocycles. The molecule has 2 heterocycles. The van der Waals surface area contributed by atoms with E-state index in [1.54, 1.807) is 54.4 Å². The van der Waals surface area contributed by atoms with Crippen LogP contribution in [0.2, 0.25) is 0 Å². The number of carboxylic acid groups (broad SMARTS) is 1. The van der Waals surface area contributed by atoms with E-state index in [1.165, 1.54) is 13.1 Å². The number of nitrogens with zero attached hydrogens (tertiary/aromatic N) is 3. The van der Waals surface area contributed by atoms with Gasteiger partial charge in [0.1, 0.15) is 18.1 Å². The third-order valence-corrected chi connectivity index (χ3v) is 5.34. The molecule has 0 radical (unpaired) electrons. The van der Waals surface area contributed by atoms with Crippen molar-refractivity contribution in [1.29, 1.82) is 0 Å². The van der Waals surface area contributed by atoms with Gasteiger partial charge in [0.15, 0.2) is 0 Å². The predicted octanol–water partition coefficient (Wildman–Crippen LogP) is 4.27. The van der Waals surface area contributed by atoms with Gasteiger partial charge >= 0.3 is 6.09 Å². The van der Waals surface area contributed by atoms with Gasteiger partial charge in [-0.2, -0.15) is 0 Å². The number of aromatic nitrogens is 2. The molecule has 1 amide bonds. The summed E-state index contributed by atoms with van der Waals surface area (Å²) in [5.74, 6) is 1.39. The van der Waals surface area contributed by atoms with E-state index in [9.17, 15) is 14.7 Å². The number of carbonyl (C=O) groups is 1. The van der Waals surface area contributed by atoms with Crippen LogP contribution >= 0.6 is 0 Å². The first-order valence-corrected chi connectivity index (χ1v) is 10.3. The third kappa shape index (κ3) is 4.79. The van der Waals surface area contributed by atoms with Crippen molar-refractivity contribution < 1.29 is 19.4 Å². The highest BCUT2D eigenvalue weighted by atomic mass is 16.5. The Kier molecular flexibility index (Phi) is 6.26. The van der Waals surface area contributed by atoms with Crippen LogP contribution in [0.5, 0.6) is 11.5 Å². The van der Waals surface area contributed by atoms with Crippen molar-refractivity contribution in [3.63, 3.8) is 0 Å². The van der Waals surface area contributed by atoms with Crippen LogP contribution in [0.25, 0.3) is 22.0 Å². The first-order valence-electron chi connectivity index (χ1n) is 10.3. The number of rotatable bonds is 7. The molecular formula is C25H23N3O5. The number of hydrogen-bond donors (Lipinski definition) is 1. The monoisotopic (exact) mass is 445 g/mol. The molecule has 0 saturated heterocycles. The van der Waals surface area contributed by atoms with E-state index in [4.69, 9.17) is 9.47 Å². The zero-order chi connectivity index (χ0) is 23.4. The summed E-state index contributed by atoms with van der Waals surface area (Å²) in [5.41, 5.74) is 2.77. The summed E-state index contributed by atoms with van der Waals surface area (Å²) in [6.45, 7) is 0.637. The quantitative estimate of drug-likeness (QED) is 0.457. The summed E-state index contributed by atoms with van der Waals surface area (Å²) in [6, 6.07) is 17.7. The zero-order valence-corrected chi connectivity index (χ0v) is 18.3. The summed E-state index contributed by atoms with van der Waals surface area (Å²) in [4.78, 5) is 29.1. The number of methoxy groups -OCH3 is 1. The predicted molar refractivity (Wildman–Crippen MR) is 126 cm³/mol. The number of pyridine rings is 2. The van der Waals surface area contributed by atoms with E-state index >= 15 is 0 Å². The molecule has 33 heavy (non-hydrogen) atoms. The summed E-state index contributed by atoms with van der Waals surface area (Å²) in [6.07, 6.45) is 2.38. The fraction of sp³-hybridized carbons (Fsp3) is 0.160. The molecule has 168 valence electrons. The van der Waals surface area contributed by atoms with Crippen molar-refractivity contribution in [2.75, 3.05) is 25.7 Å². The Labute approximate surface area is 190 Å². The highest BCUT2D eigenvalue weighted by molar-refractivity contribution is 5.87. The van der Waals surface area contributed by atoms with Crippen molar-refractivity contribution in [2.24, 2.45) is 0 Å². The van der Waals surface area contributed by atoms with Gasteiger partial charge in [-0.25, -0.2) is 4.79 Å². The lowest BCUT2D eigenvalue weighted by Crippen LogP contribution is -2.23. The molecule has 0 bridgehead atoms. The topological polar surface area (TPSA) is 93.9 Å². The van der Waals surface area contributed by atoms with E-state index in [0.29, 0.717) is 23.7 Å². The minimum Gasteiger partial charge on any atom is -0.497 e. The highest BCUT2D eigenvalue weighted by Crippen LogP contribution is 2.27. The van der Waals surface area contributed by atoms with E-state index in [2.05, 4.69) is 4.98 Å². The van der Waals surface area contributed by atoms with Crippen LogP contribution in [0.1, 0.15) is 0 Å². The van der Waals surface area contributed by atoms with Crippen LogP contribution in [0.3, 0.4) is 0 Å². The molecule has 0 atom stereocenters. The second-order valence-electron chi connectivity index (χ2n) is 7.38. The smallest absolute Gasteiger partial charge is 0.411 e. The van der Waals surface area contributed by atoms with E-state index in [-0.39, 0.29) is 12.2 Å². The molecule has 2 aromatic heterocycles. The number of amides is 1. The average Bonchev–Trinajstić information content (AvgIpc) is 2.84. The SMILES string of the molecule is COc1ccc2c(OCCn3cc(-c4cccc(N(C)C(=O)O)c4)ccc3=O)ccnc2c1. The van der Waals surface area contributed by atoms with Gasteiger partial charge in [-0.05, 0) is 47.5 Å². The summed E-state index contributed by atoms with van der Waals surface area (Å²) in [7, 11) is 3.09. The van der Waals surface area contributed by atoms with Crippen LogP contribution in [0.15, 0.2) is 77.9 Å². The maximum Gasteiger partial charge on any atom is 0.411 e. The maximum atomic E-state index is 12.4. The molecule has 0 spiro atoms. The van der Waals surface area contributed by atoms with Gasteiger partial charge < -0.3 is 19.1 Å². The minimum atomic E-state index is -1.05. The lowest BCUT2D eigenvalue weighted by Gasteiger charge is -2.15. The number of benzene rings is 2. The molecule has 2 aromatic carbocycles. The molecule has 0 aliphatic rings. The Morgan fingerprint density at radius 1 is 1.09 bits per heavy atom. The molecule has 1 N–H and O–H groups in total. The summed E-state index contributed by atoms with van der Waals surface area (Å²) in [5, 5.41) is 10.1. The summed E-state index contributed by atoms with van der Waals surface area (Å²) >= 11 is 0. The maximum absolute atomic E-state index is 12.4. The van der Waals surface area contributed by atoms with E-state index in [1.807, 2.05) is 24.3 Å². The van der Waals surface area contributed by atoms with Crippen molar-refractivity contribution in [1.82, 2.24) is 9.55 Å². The number of hydrogen-bond acceptors (Lipinski definition) is 5. The van der Waals surface area contributed by atoms with Gasteiger partial charge in [-0.15, -0.1) is 0 Å². The van der Waals surface area contributed by atoms with Crippen molar-refractivity contribution in [2.45, 2.75) is 6.54 Å². The van der Waals surface area contributed by atoms with Crippen LogP contribution < -0.4 is 19.9 Å². The van der Waals surface area contributed by atoms with Gasteiger partial charge in [0.05, 0.1) is 19.2 Å². The Hall–Kier alpha value is -4.33. The molecule has 0 unspecified atom stereocenters. The fourth-order valence-corrected chi connectivity index (χ4v) is 3.49. The Morgan fingerprint density at radius 3 is 2.73 bits per heavy atom.